The van der Waals surface area contributed by atoms with Crippen molar-refractivity contribution in [2.24, 2.45) is 0 Å². The summed E-state index contributed by atoms with van der Waals surface area (Å²) >= 11 is 4.60. The summed E-state index contributed by atoms with van der Waals surface area (Å²) in [6.45, 7) is 3.81. The van der Waals surface area contributed by atoms with Gasteiger partial charge in [-0.3, -0.25) is 10.2 Å². The molecule has 2 saturated heterocycles. The van der Waals surface area contributed by atoms with Crippen molar-refractivity contribution in [2.45, 2.75) is 23.6 Å². The first-order valence-corrected chi connectivity index (χ1v) is 7.06. The van der Waals surface area contributed by atoms with E-state index in [4.69, 9.17) is 0 Å². The minimum atomic E-state index is 0.632. The summed E-state index contributed by atoms with van der Waals surface area (Å²) < 4.78 is 1.28. The molecular formula is C8H15IN2S. The third kappa shape index (κ3) is 2.08. The smallest absolute Gasteiger partial charge is 0.108 e. The summed E-state index contributed by atoms with van der Waals surface area (Å²) in [5.74, 6) is 0. The third-order valence-electron chi connectivity index (χ3n) is 2.49. The maximum absolute atomic E-state index is 3.58. The Labute approximate surface area is 92.0 Å². The van der Waals surface area contributed by atoms with Gasteiger partial charge in [-0.1, -0.05) is 22.6 Å². The summed E-state index contributed by atoms with van der Waals surface area (Å²) in [5, 5.41) is 4.43. The van der Waals surface area contributed by atoms with Gasteiger partial charge >= 0.3 is 0 Å². The zero-order chi connectivity index (χ0) is 8.39. The topological polar surface area (TPSA) is 15.3 Å². The summed E-state index contributed by atoms with van der Waals surface area (Å²) in [5.41, 5.74) is 0.632. The molecule has 2 aliphatic rings. The van der Waals surface area contributed by atoms with Crippen molar-refractivity contribution in [2.75, 3.05) is 24.1 Å². The number of hydrogen-bond acceptors (Lipinski definition) is 3. The van der Waals surface area contributed by atoms with Gasteiger partial charge in [0.2, 0.25) is 0 Å². The molecule has 2 nitrogen and oxygen atoms in total. The Morgan fingerprint density at radius 3 is 2.75 bits per heavy atom. The molecule has 2 heterocycles. The van der Waals surface area contributed by atoms with E-state index in [0.717, 1.165) is 5.25 Å². The van der Waals surface area contributed by atoms with Gasteiger partial charge in [-0.25, -0.2) is 0 Å². The Bertz CT molecular complexity index is 150. The van der Waals surface area contributed by atoms with Crippen LogP contribution in [-0.4, -0.2) is 39.7 Å². The van der Waals surface area contributed by atoms with E-state index in [0.29, 0.717) is 5.50 Å². The van der Waals surface area contributed by atoms with E-state index in [1.165, 1.54) is 36.9 Å². The highest BCUT2D eigenvalue weighted by Crippen LogP contribution is 2.28. The van der Waals surface area contributed by atoms with E-state index >= 15 is 0 Å². The van der Waals surface area contributed by atoms with E-state index in [2.05, 4.69) is 44.6 Å². The van der Waals surface area contributed by atoms with Crippen molar-refractivity contribution < 1.29 is 0 Å². The lowest BCUT2D eigenvalue weighted by atomic mass is 10.4. The molecule has 0 radical (unpaired) electrons. The summed E-state index contributed by atoms with van der Waals surface area (Å²) in [7, 11) is 0. The largest absolute Gasteiger partial charge is 0.292 e. The lowest BCUT2D eigenvalue weighted by molar-refractivity contribution is 0.291. The first-order chi connectivity index (χ1) is 5.90. The normalized spacial score (nSPS) is 37.8. The van der Waals surface area contributed by atoms with Crippen LogP contribution in [0.2, 0.25) is 0 Å². The number of thioether (sulfide) groups is 1. The number of hydrogen-bond donors (Lipinski definition) is 1. The molecule has 0 aliphatic carbocycles. The Balaban J connectivity index is 1.81. The molecular weight excluding hydrogens is 283 g/mol. The second-order valence-corrected chi connectivity index (χ2v) is 5.68. The van der Waals surface area contributed by atoms with Gasteiger partial charge in [0.25, 0.3) is 0 Å². The minimum Gasteiger partial charge on any atom is -0.292 e. The van der Waals surface area contributed by atoms with E-state index in [9.17, 15) is 0 Å². The third-order valence-corrected chi connectivity index (χ3v) is 5.59. The molecule has 2 fully saturated rings. The Kier molecular flexibility index (Phi) is 3.57. The molecule has 2 rings (SSSR count). The summed E-state index contributed by atoms with van der Waals surface area (Å²) in [6, 6.07) is 0. The predicted molar refractivity (Wildman–Crippen MR) is 62.9 cm³/mol. The highest BCUT2D eigenvalue weighted by Gasteiger charge is 2.29. The average molecular weight is 298 g/mol. The van der Waals surface area contributed by atoms with Gasteiger partial charge in [-0.15, -0.1) is 11.8 Å². The Morgan fingerprint density at radius 1 is 1.42 bits per heavy atom. The van der Waals surface area contributed by atoms with Gasteiger partial charge in [0.1, 0.15) is 5.50 Å². The van der Waals surface area contributed by atoms with Crippen LogP contribution in [-0.2, 0) is 0 Å². The van der Waals surface area contributed by atoms with Gasteiger partial charge in [0.15, 0.2) is 0 Å². The molecule has 4 heteroatoms. The molecule has 12 heavy (non-hydrogen) atoms. The molecule has 1 N–H and O–H groups in total. The molecule has 0 aromatic carbocycles. The maximum atomic E-state index is 3.58. The first-order valence-electron chi connectivity index (χ1n) is 4.59. The van der Waals surface area contributed by atoms with E-state index in [1.807, 2.05) is 0 Å². The van der Waals surface area contributed by atoms with E-state index < -0.39 is 0 Å². The van der Waals surface area contributed by atoms with Crippen LogP contribution in [0, 0.1) is 0 Å². The van der Waals surface area contributed by atoms with Crippen LogP contribution < -0.4 is 5.32 Å². The maximum Gasteiger partial charge on any atom is 0.108 e. The molecule has 0 amide bonds. The van der Waals surface area contributed by atoms with Crippen molar-refractivity contribution in [3.05, 3.63) is 0 Å². The van der Waals surface area contributed by atoms with Crippen molar-refractivity contribution in [1.82, 2.24) is 10.2 Å². The fraction of sp³-hybridized carbons (Fsp3) is 1.00. The van der Waals surface area contributed by atoms with Gasteiger partial charge in [-0.05, 0) is 12.8 Å². The van der Waals surface area contributed by atoms with Crippen LogP contribution >= 0.6 is 34.4 Å². The average Bonchev–Trinajstić information content (AvgIpc) is 2.75. The van der Waals surface area contributed by atoms with Crippen molar-refractivity contribution in [3.63, 3.8) is 0 Å². The zero-order valence-electron chi connectivity index (χ0n) is 7.13. The fourth-order valence-electron chi connectivity index (χ4n) is 1.79. The summed E-state index contributed by atoms with van der Waals surface area (Å²) in [6.07, 6.45) is 2.79. The highest BCUT2D eigenvalue weighted by atomic mass is 127. The van der Waals surface area contributed by atoms with Crippen molar-refractivity contribution in [3.8, 4) is 0 Å². The van der Waals surface area contributed by atoms with Crippen LogP contribution in [0.1, 0.15) is 12.8 Å². The van der Waals surface area contributed by atoms with Crippen molar-refractivity contribution in [1.29, 1.82) is 0 Å². The number of alkyl halides is 1. The van der Waals surface area contributed by atoms with Crippen LogP contribution in [0.3, 0.4) is 0 Å². The minimum absolute atomic E-state index is 0.632. The molecule has 70 valence electrons. The van der Waals surface area contributed by atoms with Crippen molar-refractivity contribution >= 4 is 34.4 Å². The van der Waals surface area contributed by atoms with Gasteiger partial charge < -0.3 is 0 Å². The van der Waals surface area contributed by atoms with Gasteiger partial charge in [0, 0.05) is 29.3 Å². The van der Waals surface area contributed by atoms with Crippen LogP contribution in [0.25, 0.3) is 0 Å². The standard InChI is InChI=1S/C8H15IN2S/c9-5-7-6-10-8(12-7)11-3-1-2-4-11/h7-8,10H,1-6H2/t7-,8+/m0/s1. The van der Waals surface area contributed by atoms with Crippen LogP contribution in [0.15, 0.2) is 0 Å². The quantitative estimate of drug-likeness (QED) is 0.614. The van der Waals surface area contributed by atoms with Gasteiger partial charge in [-0.2, -0.15) is 0 Å². The summed E-state index contributed by atoms with van der Waals surface area (Å²) in [4.78, 5) is 2.58. The molecule has 0 unspecified atom stereocenters. The number of halogens is 1. The molecule has 0 saturated carbocycles. The van der Waals surface area contributed by atoms with E-state index in [-0.39, 0.29) is 0 Å². The SMILES string of the molecule is IC[C@H]1CN[C@H](N2CCCC2)S1. The number of nitrogens with zero attached hydrogens (tertiary/aromatic N) is 1. The molecule has 0 spiro atoms. The Hall–Kier alpha value is 1.000. The second-order valence-electron chi connectivity index (χ2n) is 3.42. The fourth-order valence-corrected chi connectivity index (χ4v) is 3.93. The number of rotatable bonds is 2. The molecule has 0 aromatic rings. The van der Waals surface area contributed by atoms with Gasteiger partial charge in [0.05, 0.1) is 0 Å². The zero-order valence-corrected chi connectivity index (χ0v) is 10.1. The first kappa shape index (κ1) is 9.55. The lowest BCUT2D eigenvalue weighted by Crippen LogP contribution is -2.37. The molecule has 0 aromatic heterocycles. The van der Waals surface area contributed by atoms with Crippen LogP contribution in [0.4, 0.5) is 0 Å². The molecule has 2 aliphatic heterocycles. The molecule has 0 bridgehead atoms. The predicted octanol–water partition coefficient (Wildman–Crippen LogP) is 1.51. The second kappa shape index (κ2) is 4.48. The molecule has 2 atom stereocenters. The van der Waals surface area contributed by atoms with Crippen LogP contribution in [0.5, 0.6) is 0 Å². The lowest BCUT2D eigenvalue weighted by Gasteiger charge is -2.22. The monoisotopic (exact) mass is 298 g/mol. The number of likely N-dealkylation sites (tertiary alicyclic amines) is 1. The Morgan fingerprint density at radius 2 is 2.17 bits per heavy atom. The van der Waals surface area contributed by atoms with E-state index in [1.54, 1.807) is 0 Å². The number of nitrogens with one attached hydrogen (secondary N) is 1. The highest BCUT2D eigenvalue weighted by molar-refractivity contribution is 14.1.